The van der Waals surface area contributed by atoms with Gasteiger partial charge in [0.1, 0.15) is 0 Å². The average molecular weight is 883 g/mol. The zero-order valence-corrected chi connectivity index (χ0v) is 31.6. The molecule has 4 aromatic carbocycles. The molecule has 5 heteroatoms. The standard InChI is InChI=1S/C25H19N2O.C23H24N.Ir/c1-16-6-9-18(10-7-16)14-19-12-13-26-23(15-19)22-5-3-4-20-21-11-8-17(2)27-25(21)28-24(20)22;1-17-5-9-20(10-6-17)22-15-21(13-14-24-22)19-11-7-18(8-12-19)16-23(2,3)4;/h3-4,6-13,15H,14H2,1-2H3;5-9,11-15H,16H2,1-4H3;/q2*-1;/i1D3,2D3,14D2;1D3,16D2;. The van der Waals surface area contributed by atoms with Gasteiger partial charge in [-0.2, -0.15) is 0 Å². The van der Waals surface area contributed by atoms with E-state index >= 15 is 0 Å². The third-order valence-electron chi connectivity index (χ3n) is 8.07. The van der Waals surface area contributed by atoms with Gasteiger partial charge in [0.15, 0.2) is 0 Å². The van der Waals surface area contributed by atoms with Crippen molar-refractivity contribution in [3.05, 3.63) is 173 Å². The number of benzene rings is 4. The molecule has 0 amide bonds. The molecule has 0 saturated heterocycles. The molecular formula is C48H43IrN3O-2. The van der Waals surface area contributed by atoms with Gasteiger partial charge >= 0.3 is 0 Å². The van der Waals surface area contributed by atoms with E-state index in [2.05, 4.69) is 27.1 Å². The maximum absolute atomic E-state index is 8.73. The van der Waals surface area contributed by atoms with Crippen molar-refractivity contribution in [2.75, 3.05) is 0 Å². The van der Waals surface area contributed by atoms with Gasteiger partial charge in [0, 0.05) is 61.4 Å². The van der Waals surface area contributed by atoms with Crippen molar-refractivity contribution in [3.8, 4) is 33.6 Å². The van der Waals surface area contributed by atoms with Crippen LogP contribution in [0.1, 0.15) is 72.1 Å². The number of hydrogen-bond acceptors (Lipinski definition) is 4. The molecule has 0 saturated carbocycles. The summed E-state index contributed by atoms with van der Waals surface area (Å²) in [7, 11) is 0. The summed E-state index contributed by atoms with van der Waals surface area (Å²) < 4.78 is 108. The van der Waals surface area contributed by atoms with Crippen LogP contribution in [0, 0.1) is 38.1 Å². The first-order chi connectivity index (χ1) is 30.2. The van der Waals surface area contributed by atoms with E-state index in [1.165, 1.54) is 42.6 Å². The van der Waals surface area contributed by atoms with E-state index in [4.69, 9.17) is 22.2 Å². The van der Waals surface area contributed by atoms with Gasteiger partial charge in [-0.25, -0.2) is 4.98 Å². The van der Waals surface area contributed by atoms with E-state index < -0.39 is 38.7 Å². The summed E-state index contributed by atoms with van der Waals surface area (Å²) in [6.45, 7) is -1.11. The summed E-state index contributed by atoms with van der Waals surface area (Å²) in [5.74, 6) is 0. The molecule has 0 N–H and O–H groups in total. The normalized spacial score (nSPS) is 16.1. The molecule has 267 valence electrons. The number of aryl methyl sites for hydroxylation is 3. The number of hydrogen-bond donors (Lipinski definition) is 0. The maximum Gasteiger partial charge on any atom is 0.216 e. The van der Waals surface area contributed by atoms with Crippen LogP contribution >= 0.6 is 0 Å². The fourth-order valence-electron chi connectivity index (χ4n) is 5.70. The SMILES string of the molecule is [2H]C([2H])([2H])c1c[c-]c(-c2cc(-c3ccc(C([2H])([2H])C(C)(C)C)cc3)ccn2)cc1.[2H]C([2H])([2H])c1ccc(C([2H])([2H])c2ccnc(-c3[c-]ccc4c3oc3nc(C([2H])([2H])[2H])ccc34)c2)cc1.[Ir]. The smallest absolute Gasteiger partial charge is 0.216 e. The van der Waals surface area contributed by atoms with Crippen LogP contribution in [0.15, 0.2) is 132 Å². The molecular weight excluding hydrogens is 827 g/mol. The summed E-state index contributed by atoms with van der Waals surface area (Å²) >= 11 is 0. The molecule has 8 aromatic rings. The monoisotopic (exact) mass is 883 g/mol. The molecule has 4 heterocycles. The van der Waals surface area contributed by atoms with E-state index in [-0.39, 0.29) is 42.6 Å². The second-order valence-electron chi connectivity index (χ2n) is 13.3. The predicted molar refractivity (Wildman–Crippen MR) is 214 cm³/mol. The van der Waals surface area contributed by atoms with Gasteiger partial charge in [-0.15, -0.1) is 53.6 Å². The van der Waals surface area contributed by atoms with Crippen LogP contribution in [0.3, 0.4) is 0 Å². The van der Waals surface area contributed by atoms with Gasteiger partial charge in [0.25, 0.3) is 0 Å². The molecule has 53 heavy (non-hydrogen) atoms. The topological polar surface area (TPSA) is 51.8 Å². The van der Waals surface area contributed by atoms with Gasteiger partial charge in [-0.05, 0) is 95.3 Å². The quantitative estimate of drug-likeness (QED) is 0.156. The molecule has 0 aliphatic carbocycles. The summed E-state index contributed by atoms with van der Waals surface area (Å²) in [5.41, 5.74) is 5.91. The zero-order chi connectivity index (χ0) is 47.3. The molecule has 0 bridgehead atoms. The van der Waals surface area contributed by atoms with E-state index in [9.17, 15) is 0 Å². The summed E-state index contributed by atoms with van der Waals surface area (Å²) in [6.07, 6.45) is -0.171. The summed E-state index contributed by atoms with van der Waals surface area (Å²) in [4.78, 5) is 13.0. The van der Waals surface area contributed by atoms with E-state index in [1.807, 2.05) is 57.2 Å². The molecule has 8 rings (SSSR count). The third-order valence-corrected chi connectivity index (χ3v) is 8.07. The molecule has 4 aromatic heterocycles. The number of fused-ring (bicyclic) bond motifs is 3. The number of pyridine rings is 3. The fourth-order valence-corrected chi connectivity index (χ4v) is 5.70. The van der Waals surface area contributed by atoms with Crippen LogP contribution in [0.5, 0.6) is 0 Å². The Kier molecular flexibility index (Phi) is 7.39. The summed E-state index contributed by atoms with van der Waals surface area (Å²) in [6, 6.07) is 37.7. The van der Waals surface area contributed by atoms with Crippen LogP contribution in [0.4, 0.5) is 0 Å². The van der Waals surface area contributed by atoms with Crippen molar-refractivity contribution in [2.24, 2.45) is 5.41 Å². The van der Waals surface area contributed by atoms with Crippen molar-refractivity contribution >= 4 is 22.1 Å². The molecule has 0 fully saturated rings. The van der Waals surface area contributed by atoms with Gasteiger partial charge in [-0.1, -0.05) is 105 Å². The molecule has 0 aliphatic rings. The van der Waals surface area contributed by atoms with E-state index in [0.29, 0.717) is 50.0 Å². The van der Waals surface area contributed by atoms with Crippen molar-refractivity contribution < 1.29 is 42.3 Å². The minimum absolute atomic E-state index is 0. The van der Waals surface area contributed by atoms with Gasteiger partial charge < -0.3 is 14.4 Å². The van der Waals surface area contributed by atoms with Gasteiger partial charge in [-0.3, -0.25) is 0 Å². The number of furan rings is 1. The van der Waals surface area contributed by atoms with Crippen LogP contribution in [-0.2, 0) is 32.9 Å². The van der Waals surface area contributed by atoms with Crippen molar-refractivity contribution in [1.29, 1.82) is 0 Å². The van der Waals surface area contributed by atoms with Gasteiger partial charge in [0.05, 0.1) is 5.58 Å². The first-order valence-electron chi connectivity index (χ1n) is 23.2. The second kappa shape index (κ2) is 16.2. The Hall–Kier alpha value is -5.22. The Morgan fingerprint density at radius 3 is 2.17 bits per heavy atom. The Bertz CT molecular complexity index is 2970. The average Bonchev–Trinajstić information content (AvgIpc) is 3.64. The molecule has 1 radical (unpaired) electrons. The first kappa shape index (κ1) is 24.2. The molecule has 0 atom stereocenters. The largest absolute Gasteiger partial charge is 0.486 e. The zero-order valence-electron chi connectivity index (χ0n) is 42.2. The Balaban J connectivity index is 0.000000220. The molecule has 4 nitrogen and oxygen atoms in total. The van der Waals surface area contributed by atoms with E-state index in [0.717, 1.165) is 16.7 Å². The van der Waals surface area contributed by atoms with Crippen LogP contribution in [-0.4, -0.2) is 15.0 Å². The van der Waals surface area contributed by atoms with Crippen LogP contribution in [0.2, 0.25) is 0 Å². The number of nitrogens with zero attached hydrogens (tertiary/aromatic N) is 3. The Morgan fingerprint density at radius 1 is 0.679 bits per heavy atom. The molecule has 0 unspecified atom stereocenters. The Labute approximate surface area is 345 Å². The van der Waals surface area contributed by atoms with Crippen molar-refractivity contribution in [2.45, 2.75) is 54.1 Å². The van der Waals surface area contributed by atoms with Crippen LogP contribution < -0.4 is 0 Å². The predicted octanol–water partition coefficient (Wildman–Crippen LogP) is 12.2. The molecule has 0 aliphatic heterocycles. The first-order valence-corrected chi connectivity index (χ1v) is 16.7. The minimum Gasteiger partial charge on any atom is -0.486 e. The number of aromatic nitrogens is 3. The maximum atomic E-state index is 8.73. The fraction of sp³-hybridized carbons (Fsp3) is 0.188. The third kappa shape index (κ3) is 9.24. The van der Waals surface area contributed by atoms with E-state index in [1.54, 1.807) is 48.7 Å². The second-order valence-corrected chi connectivity index (χ2v) is 13.3. The molecule has 0 spiro atoms. The van der Waals surface area contributed by atoms with Crippen molar-refractivity contribution in [3.63, 3.8) is 0 Å². The minimum atomic E-state index is -2.37. The van der Waals surface area contributed by atoms with Crippen LogP contribution in [0.25, 0.3) is 55.7 Å². The van der Waals surface area contributed by atoms with Gasteiger partial charge in [0.2, 0.25) is 5.71 Å². The Morgan fingerprint density at radius 2 is 1.43 bits per heavy atom. The summed E-state index contributed by atoms with van der Waals surface area (Å²) in [5, 5.41) is 1.35. The van der Waals surface area contributed by atoms with Crippen molar-refractivity contribution in [1.82, 2.24) is 15.0 Å². The number of rotatable bonds is 6.